The van der Waals surface area contributed by atoms with Crippen LogP contribution in [0.1, 0.15) is 37.7 Å². The normalized spacial score (nSPS) is 17.0. The molecular formula is C15H23NO. The van der Waals surface area contributed by atoms with Crippen molar-refractivity contribution in [3.8, 4) is 0 Å². The molecule has 0 amide bonds. The van der Waals surface area contributed by atoms with Crippen molar-refractivity contribution < 1.29 is 4.74 Å². The van der Waals surface area contributed by atoms with Crippen LogP contribution in [-0.2, 0) is 4.74 Å². The van der Waals surface area contributed by atoms with Gasteiger partial charge in [-0.2, -0.15) is 0 Å². The first-order valence-corrected chi connectivity index (χ1v) is 6.76. The zero-order valence-corrected chi connectivity index (χ0v) is 10.7. The standard InChI is InChI=1S/C15H23NO/c1-2-17-11-10-14(12-16-15-8-9-15)13-6-4-3-5-7-13/h3-7,14-16H,2,8-12H2,1H3. The van der Waals surface area contributed by atoms with E-state index in [1.165, 1.54) is 18.4 Å². The van der Waals surface area contributed by atoms with E-state index in [-0.39, 0.29) is 0 Å². The Kier molecular flexibility index (Phi) is 5.02. The fourth-order valence-electron chi connectivity index (χ4n) is 2.08. The van der Waals surface area contributed by atoms with Gasteiger partial charge < -0.3 is 10.1 Å². The Morgan fingerprint density at radius 2 is 2.06 bits per heavy atom. The van der Waals surface area contributed by atoms with E-state index in [1.54, 1.807) is 0 Å². The smallest absolute Gasteiger partial charge is 0.0472 e. The Labute approximate surface area is 104 Å². The zero-order chi connectivity index (χ0) is 11.9. The molecule has 2 heteroatoms. The minimum atomic E-state index is 0.586. The minimum absolute atomic E-state index is 0.586. The van der Waals surface area contributed by atoms with E-state index in [2.05, 4.69) is 42.6 Å². The molecule has 1 aliphatic rings. The van der Waals surface area contributed by atoms with Crippen LogP contribution in [0.15, 0.2) is 30.3 Å². The number of nitrogens with one attached hydrogen (secondary N) is 1. The lowest BCUT2D eigenvalue weighted by Crippen LogP contribution is -2.24. The summed E-state index contributed by atoms with van der Waals surface area (Å²) in [5.74, 6) is 0.586. The highest BCUT2D eigenvalue weighted by Crippen LogP contribution is 2.23. The molecule has 2 nitrogen and oxygen atoms in total. The molecule has 1 fully saturated rings. The lowest BCUT2D eigenvalue weighted by atomic mass is 9.96. The van der Waals surface area contributed by atoms with E-state index in [0.29, 0.717) is 5.92 Å². The topological polar surface area (TPSA) is 21.3 Å². The van der Waals surface area contributed by atoms with Crippen molar-refractivity contribution in [3.63, 3.8) is 0 Å². The molecule has 0 radical (unpaired) electrons. The molecular weight excluding hydrogens is 210 g/mol. The second-order valence-corrected chi connectivity index (χ2v) is 4.78. The molecule has 0 aromatic heterocycles. The number of hydrogen-bond acceptors (Lipinski definition) is 2. The summed E-state index contributed by atoms with van der Waals surface area (Å²) in [5, 5.41) is 3.63. The van der Waals surface area contributed by atoms with Crippen molar-refractivity contribution >= 4 is 0 Å². The predicted molar refractivity (Wildman–Crippen MR) is 71.3 cm³/mol. The summed E-state index contributed by atoms with van der Waals surface area (Å²) in [6, 6.07) is 11.6. The lowest BCUT2D eigenvalue weighted by molar-refractivity contribution is 0.139. The van der Waals surface area contributed by atoms with E-state index in [4.69, 9.17) is 4.74 Å². The van der Waals surface area contributed by atoms with Gasteiger partial charge in [-0.1, -0.05) is 30.3 Å². The first-order chi connectivity index (χ1) is 8.40. The molecule has 1 unspecified atom stereocenters. The Hall–Kier alpha value is -0.860. The van der Waals surface area contributed by atoms with Gasteiger partial charge in [-0.15, -0.1) is 0 Å². The first-order valence-electron chi connectivity index (χ1n) is 6.76. The fraction of sp³-hybridized carbons (Fsp3) is 0.600. The van der Waals surface area contributed by atoms with Gasteiger partial charge in [0.25, 0.3) is 0 Å². The van der Waals surface area contributed by atoms with Gasteiger partial charge in [0, 0.05) is 25.8 Å². The Morgan fingerprint density at radius 1 is 1.29 bits per heavy atom. The van der Waals surface area contributed by atoms with Crippen molar-refractivity contribution in [2.75, 3.05) is 19.8 Å². The van der Waals surface area contributed by atoms with E-state index in [9.17, 15) is 0 Å². The maximum absolute atomic E-state index is 5.48. The second kappa shape index (κ2) is 6.77. The molecule has 1 atom stereocenters. The average molecular weight is 233 g/mol. The molecule has 1 N–H and O–H groups in total. The third-order valence-corrected chi connectivity index (χ3v) is 3.32. The summed E-state index contributed by atoms with van der Waals surface area (Å²) in [5.41, 5.74) is 1.43. The maximum Gasteiger partial charge on any atom is 0.0472 e. The van der Waals surface area contributed by atoms with Crippen LogP contribution < -0.4 is 5.32 Å². The molecule has 0 heterocycles. The van der Waals surface area contributed by atoms with Gasteiger partial charge in [-0.25, -0.2) is 0 Å². The van der Waals surface area contributed by atoms with E-state index < -0.39 is 0 Å². The van der Waals surface area contributed by atoms with Crippen LogP contribution in [0.25, 0.3) is 0 Å². The van der Waals surface area contributed by atoms with Crippen LogP contribution in [0.5, 0.6) is 0 Å². The predicted octanol–water partition coefficient (Wildman–Crippen LogP) is 2.95. The molecule has 17 heavy (non-hydrogen) atoms. The Morgan fingerprint density at radius 3 is 2.71 bits per heavy atom. The second-order valence-electron chi connectivity index (χ2n) is 4.78. The summed E-state index contributed by atoms with van der Waals surface area (Å²) in [7, 11) is 0. The molecule has 0 saturated heterocycles. The molecule has 1 aliphatic carbocycles. The third kappa shape index (κ3) is 4.49. The molecule has 1 aromatic rings. The highest BCUT2D eigenvalue weighted by molar-refractivity contribution is 5.20. The van der Waals surface area contributed by atoms with Crippen molar-refractivity contribution in [2.45, 2.75) is 38.1 Å². The quantitative estimate of drug-likeness (QED) is 0.697. The number of ether oxygens (including phenoxy) is 1. The first kappa shape index (κ1) is 12.6. The van der Waals surface area contributed by atoms with E-state index in [0.717, 1.165) is 32.2 Å². The van der Waals surface area contributed by atoms with Crippen molar-refractivity contribution in [1.82, 2.24) is 5.32 Å². The van der Waals surface area contributed by atoms with Gasteiger partial charge in [-0.05, 0) is 37.7 Å². The van der Waals surface area contributed by atoms with Gasteiger partial charge in [0.15, 0.2) is 0 Å². The number of rotatable bonds is 8. The van der Waals surface area contributed by atoms with Crippen LogP contribution in [0.4, 0.5) is 0 Å². The summed E-state index contributed by atoms with van der Waals surface area (Å²) in [6.45, 7) is 4.82. The van der Waals surface area contributed by atoms with Crippen molar-refractivity contribution in [2.24, 2.45) is 0 Å². The van der Waals surface area contributed by atoms with E-state index in [1.807, 2.05) is 0 Å². The van der Waals surface area contributed by atoms with Gasteiger partial charge in [0.2, 0.25) is 0 Å². The van der Waals surface area contributed by atoms with Crippen molar-refractivity contribution in [3.05, 3.63) is 35.9 Å². The van der Waals surface area contributed by atoms with Gasteiger partial charge in [0.05, 0.1) is 0 Å². The molecule has 2 rings (SSSR count). The van der Waals surface area contributed by atoms with Gasteiger partial charge in [0.1, 0.15) is 0 Å². The van der Waals surface area contributed by atoms with Crippen LogP contribution in [0.3, 0.4) is 0 Å². The summed E-state index contributed by atoms with van der Waals surface area (Å²) in [6.07, 6.45) is 3.82. The Balaban J connectivity index is 1.85. The highest BCUT2D eigenvalue weighted by Gasteiger charge is 2.22. The Bertz CT molecular complexity index is 308. The van der Waals surface area contributed by atoms with Crippen LogP contribution in [-0.4, -0.2) is 25.8 Å². The van der Waals surface area contributed by atoms with E-state index >= 15 is 0 Å². The summed E-state index contributed by atoms with van der Waals surface area (Å²) in [4.78, 5) is 0. The molecule has 0 spiro atoms. The molecule has 94 valence electrons. The SMILES string of the molecule is CCOCCC(CNC1CC1)c1ccccc1. The van der Waals surface area contributed by atoms with Crippen LogP contribution in [0, 0.1) is 0 Å². The van der Waals surface area contributed by atoms with Crippen LogP contribution in [0.2, 0.25) is 0 Å². The third-order valence-electron chi connectivity index (χ3n) is 3.32. The van der Waals surface area contributed by atoms with Gasteiger partial charge >= 0.3 is 0 Å². The van der Waals surface area contributed by atoms with Gasteiger partial charge in [-0.3, -0.25) is 0 Å². The zero-order valence-electron chi connectivity index (χ0n) is 10.7. The highest BCUT2D eigenvalue weighted by atomic mass is 16.5. The van der Waals surface area contributed by atoms with Crippen LogP contribution >= 0.6 is 0 Å². The number of benzene rings is 1. The monoisotopic (exact) mass is 233 g/mol. The van der Waals surface area contributed by atoms with Crippen molar-refractivity contribution in [1.29, 1.82) is 0 Å². The molecule has 1 saturated carbocycles. The summed E-state index contributed by atoms with van der Waals surface area (Å²) >= 11 is 0. The number of hydrogen-bond donors (Lipinski definition) is 1. The maximum atomic E-state index is 5.48. The minimum Gasteiger partial charge on any atom is -0.382 e. The molecule has 0 aliphatic heterocycles. The summed E-state index contributed by atoms with van der Waals surface area (Å²) < 4.78 is 5.48. The molecule has 1 aromatic carbocycles. The largest absolute Gasteiger partial charge is 0.382 e. The fourth-order valence-corrected chi connectivity index (χ4v) is 2.08. The molecule has 0 bridgehead atoms. The average Bonchev–Trinajstić information content (AvgIpc) is 3.19. The lowest BCUT2D eigenvalue weighted by Gasteiger charge is -2.18.